The SMILES string of the molecule is CCCN1[SiH2]N(C2CCCCC2)C1I. The molecular weight excluding hydrogens is 303 g/mol. The molecule has 2 aliphatic rings. The van der Waals surface area contributed by atoms with Crippen LogP contribution in [0.5, 0.6) is 0 Å². The fourth-order valence-corrected chi connectivity index (χ4v) is 6.29. The highest BCUT2D eigenvalue weighted by Crippen LogP contribution is 2.31. The van der Waals surface area contributed by atoms with Crippen LogP contribution in [-0.2, 0) is 0 Å². The summed E-state index contributed by atoms with van der Waals surface area (Å²) in [6.45, 7) is 3.63. The quantitative estimate of drug-likeness (QED) is 0.339. The molecule has 0 aromatic heterocycles. The molecule has 4 heteroatoms. The second-order valence-corrected chi connectivity index (χ2v) is 7.51. The molecule has 0 amide bonds. The minimum Gasteiger partial charge on any atom is -0.293 e. The smallest absolute Gasteiger partial charge is 0.176 e. The van der Waals surface area contributed by atoms with Crippen LogP contribution in [0.15, 0.2) is 0 Å². The molecule has 1 aliphatic carbocycles. The summed E-state index contributed by atoms with van der Waals surface area (Å²) in [5.41, 5.74) is 0. The first kappa shape index (κ1) is 11.4. The van der Waals surface area contributed by atoms with Crippen molar-refractivity contribution in [2.45, 2.75) is 55.7 Å². The van der Waals surface area contributed by atoms with E-state index in [1.807, 2.05) is 0 Å². The lowest BCUT2D eigenvalue weighted by Gasteiger charge is -2.52. The average molecular weight is 324 g/mol. The Hall–Kier alpha value is 0.867. The molecule has 0 radical (unpaired) electrons. The fraction of sp³-hybridized carbons (Fsp3) is 1.00. The third kappa shape index (κ3) is 2.33. The lowest BCUT2D eigenvalue weighted by atomic mass is 9.96. The lowest BCUT2D eigenvalue weighted by Crippen LogP contribution is -2.67. The Balaban J connectivity index is 1.77. The van der Waals surface area contributed by atoms with Gasteiger partial charge in [-0.1, -0.05) is 26.2 Å². The Bertz CT molecular complexity index is 185. The minimum atomic E-state index is -0.0112. The molecule has 2 nitrogen and oxygen atoms in total. The molecule has 82 valence electrons. The summed E-state index contributed by atoms with van der Waals surface area (Å²) in [6, 6.07) is 0.963. The molecule has 1 saturated heterocycles. The van der Waals surface area contributed by atoms with E-state index >= 15 is 0 Å². The summed E-state index contributed by atoms with van der Waals surface area (Å²) >= 11 is 2.63. The molecule has 1 saturated carbocycles. The molecule has 1 unspecified atom stereocenters. The summed E-state index contributed by atoms with van der Waals surface area (Å²) in [4.78, 5) is 0. The highest BCUT2D eigenvalue weighted by molar-refractivity contribution is 14.1. The van der Waals surface area contributed by atoms with E-state index in [1.54, 1.807) is 0 Å². The Morgan fingerprint density at radius 3 is 2.57 bits per heavy atom. The molecule has 0 aromatic rings. The third-order valence-electron chi connectivity index (χ3n) is 3.47. The van der Waals surface area contributed by atoms with E-state index < -0.39 is 0 Å². The van der Waals surface area contributed by atoms with Gasteiger partial charge in [0.05, 0.1) is 0 Å². The van der Waals surface area contributed by atoms with Crippen LogP contribution in [0, 0.1) is 0 Å². The van der Waals surface area contributed by atoms with E-state index in [0.717, 1.165) is 10.2 Å². The first-order valence-electron chi connectivity index (χ1n) is 5.97. The Labute approximate surface area is 104 Å². The van der Waals surface area contributed by atoms with Crippen LogP contribution in [-0.4, -0.2) is 35.7 Å². The van der Waals surface area contributed by atoms with Crippen LogP contribution in [0.3, 0.4) is 0 Å². The minimum absolute atomic E-state index is 0.0112. The van der Waals surface area contributed by atoms with Gasteiger partial charge < -0.3 is 0 Å². The molecule has 0 bridgehead atoms. The van der Waals surface area contributed by atoms with Gasteiger partial charge in [0.15, 0.2) is 9.84 Å². The maximum Gasteiger partial charge on any atom is 0.176 e. The van der Waals surface area contributed by atoms with Gasteiger partial charge in [-0.25, -0.2) is 0 Å². The van der Waals surface area contributed by atoms with Gasteiger partial charge in [-0.2, -0.15) is 0 Å². The molecule has 0 spiro atoms. The van der Waals surface area contributed by atoms with Gasteiger partial charge >= 0.3 is 0 Å². The molecule has 2 fully saturated rings. The molecule has 14 heavy (non-hydrogen) atoms. The van der Waals surface area contributed by atoms with Gasteiger partial charge in [-0.3, -0.25) is 9.13 Å². The highest BCUT2D eigenvalue weighted by Gasteiger charge is 2.38. The molecule has 0 N–H and O–H groups in total. The topological polar surface area (TPSA) is 6.48 Å². The van der Waals surface area contributed by atoms with Crippen molar-refractivity contribution >= 4 is 32.4 Å². The van der Waals surface area contributed by atoms with Crippen molar-refractivity contribution in [3.8, 4) is 0 Å². The summed E-state index contributed by atoms with van der Waals surface area (Å²) in [5, 5.41) is 0. The number of rotatable bonds is 3. The number of halogens is 1. The largest absolute Gasteiger partial charge is 0.293 e. The zero-order valence-electron chi connectivity index (χ0n) is 9.08. The molecule has 1 atom stereocenters. The Morgan fingerprint density at radius 2 is 2.00 bits per heavy atom. The van der Waals surface area contributed by atoms with E-state index in [0.29, 0.717) is 0 Å². The molecule has 2 rings (SSSR count). The Morgan fingerprint density at radius 1 is 1.29 bits per heavy atom. The first-order chi connectivity index (χ1) is 6.83. The predicted octanol–water partition coefficient (Wildman–Crippen LogP) is 2.06. The van der Waals surface area contributed by atoms with E-state index in [2.05, 4.69) is 38.6 Å². The average Bonchev–Trinajstić information content (AvgIpc) is 2.24. The summed E-state index contributed by atoms with van der Waals surface area (Å²) in [6.07, 6.45) is 8.72. The van der Waals surface area contributed by atoms with E-state index in [9.17, 15) is 0 Å². The summed E-state index contributed by atoms with van der Waals surface area (Å²) < 4.78 is 6.30. The van der Waals surface area contributed by atoms with Crippen molar-refractivity contribution in [1.82, 2.24) is 9.13 Å². The Kier molecular flexibility index (Phi) is 4.28. The summed E-state index contributed by atoms with van der Waals surface area (Å²) in [5.74, 6) is 0. The van der Waals surface area contributed by atoms with E-state index in [-0.39, 0.29) is 9.84 Å². The second-order valence-electron chi connectivity index (χ2n) is 4.57. The second kappa shape index (κ2) is 5.27. The standard InChI is InChI=1S/C10H21IN2Si/c1-2-8-12-10(11)13(14-12)9-6-4-3-5-7-9/h9-10H,2-8,14H2,1H3. The van der Waals surface area contributed by atoms with Crippen LogP contribution < -0.4 is 0 Å². The van der Waals surface area contributed by atoms with E-state index in [4.69, 9.17) is 0 Å². The lowest BCUT2D eigenvalue weighted by molar-refractivity contribution is 0.115. The van der Waals surface area contributed by atoms with Crippen molar-refractivity contribution in [3.05, 3.63) is 0 Å². The van der Waals surface area contributed by atoms with Crippen molar-refractivity contribution in [2.75, 3.05) is 6.54 Å². The molecular formula is C10H21IN2Si. The van der Waals surface area contributed by atoms with Crippen LogP contribution in [0.25, 0.3) is 0 Å². The third-order valence-corrected chi connectivity index (χ3v) is 8.68. The van der Waals surface area contributed by atoms with Gasteiger partial charge in [-0.15, -0.1) is 0 Å². The molecule has 1 heterocycles. The van der Waals surface area contributed by atoms with Gasteiger partial charge in [-0.05, 0) is 48.4 Å². The molecule has 0 aromatic carbocycles. The monoisotopic (exact) mass is 324 g/mol. The number of nitrogens with zero attached hydrogens (tertiary/aromatic N) is 2. The van der Waals surface area contributed by atoms with Crippen LogP contribution in [0.4, 0.5) is 0 Å². The summed E-state index contributed by atoms with van der Waals surface area (Å²) in [7, 11) is -0.0112. The molecule has 1 aliphatic heterocycles. The fourth-order valence-electron chi connectivity index (χ4n) is 2.62. The van der Waals surface area contributed by atoms with Crippen LogP contribution in [0.1, 0.15) is 45.4 Å². The van der Waals surface area contributed by atoms with Crippen molar-refractivity contribution in [2.24, 2.45) is 0 Å². The zero-order chi connectivity index (χ0) is 9.97. The van der Waals surface area contributed by atoms with Gasteiger partial charge in [0.1, 0.15) is 4.17 Å². The maximum atomic E-state index is 2.83. The van der Waals surface area contributed by atoms with Crippen LogP contribution in [0.2, 0.25) is 0 Å². The van der Waals surface area contributed by atoms with Crippen molar-refractivity contribution < 1.29 is 0 Å². The van der Waals surface area contributed by atoms with Gasteiger partial charge in [0.25, 0.3) is 0 Å². The number of alkyl halides is 1. The zero-order valence-corrected chi connectivity index (χ0v) is 12.7. The number of hydrogen-bond acceptors (Lipinski definition) is 2. The van der Waals surface area contributed by atoms with Gasteiger partial charge in [0.2, 0.25) is 0 Å². The normalized spacial score (nSPS) is 33.4. The predicted molar refractivity (Wildman–Crippen MR) is 72.1 cm³/mol. The van der Waals surface area contributed by atoms with Crippen molar-refractivity contribution in [1.29, 1.82) is 0 Å². The van der Waals surface area contributed by atoms with E-state index in [1.165, 1.54) is 45.1 Å². The van der Waals surface area contributed by atoms with Crippen LogP contribution >= 0.6 is 22.6 Å². The maximum absolute atomic E-state index is 2.83. The number of hydrogen-bond donors (Lipinski definition) is 0. The first-order valence-corrected chi connectivity index (χ1v) is 8.48. The highest BCUT2D eigenvalue weighted by atomic mass is 127. The van der Waals surface area contributed by atoms with Crippen molar-refractivity contribution in [3.63, 3.8) is 0 Å². The van der Waals surface area contributed by atoms with Gasteiger partial charge in [0, 0.05) is 6.04 Å².